The summed E-state index contributed by atoms with van der Waals surface area (Å²) < 4.78 is 5.80. The predicted molar refractivity (Wildman–Crippen MR) is 116 cm³/mol. The van der Waals surface area contributed by atoms with Crippen LogP contribution in [0.5, 0.6) is 5.75 Å². The number of nitrogens with zero attached hydrogens (tertiary/aromatic N) is 3. The molecule has 1 saturated heterocycles. The molecule has 0 aliphatic carbocycles. The molecule has 5 nitrogen and oxygen atoms in total. The first-order valence-corrected chi connectivity index (χ1v) is 10.3. The molecule has 0 saturated carbocycles. The summed E-state index contributed by atoms with van der Waals surface area (Å²) in [6.45, 7) is 5.72. The first-order chi connectivity index (χ1) is 14.2. The van der Waals surface area contributed by atoms with Crippen LogP contribution in [0.15, 0.2) is 60.7 Å². The quantitative estimate of drug-likeness (QED) is 0.597. The number of fused-ring (bicyclic) bond motifs is 1. The summed E-state index contributed by atoms with van der Waals surface area (Å²) in [4.78, 5) is 21.5. The average Bonchev–Trinajstić information content (AvgIpc) is 2.77. The van der Waals surface area contributed by atoms with Crippen molar-refractivity contribution in [2.24, 2.45) is 0 Å². The van der Waals surface area contributed by atoms with E-state index in [-0.39, 0.29) is 5.91 Å². The lowest BCUT2D eigenvalue weighted by Gasteiger charge is -2.35. The fourth-order valence-corrected chi connectivity index (χ4v) is 3.70. The van der Waals surface area contributed by atoms with E-state index in [0.29, 0.717) is 13.0 Å². The van der Waals surface area contributed by atoms with Gasteiger partial charge in [0.2, 0.25) is 5.91 Å². The molecular formula is C24H27N3O2. The SMILES string of the molecule is Cc1ccccc1OCCCC(=O)N1CCN(c2ccc3ccccc3n2)CC1. The van der Waals surface area contributed by atoms with Crippen molar-refractivity contribution in [3.63, 3.8) is 0 Å². The van der Waals surface area contributed by atoms with E-state index in [1.54, 1.807) is 0 Å². The Labute approximate surface area is 171 Å². The lowest BCUT2D eigenvalue weighted by atomic mass is 10.2. The largest absolute Gasteiger partial charge is 0.493 e. The number of para-hydroxylation sites is 2. The molecule has 4 rings (SSSR count). The molecule has 0 radical (unpaired) electrons. The molecule has 2 aromatic carbocycles. The molecule has 1 aromatic heterocycles. The number of hydrogen-bond acceptors (Lipinski definition) is 4. The molecule has 5 heteroatoms. The van der Waals surface area contributed by atoms with Gasteiger partial charge >= 0.3 is 0 Å². The topological polar surface area (TPSA) is 45.7 Å². The fourth-order valence-electron chi connectivity index (χ4n) is 3.70. The molecule has 29 heavy (non-hydrogen) atoms. The van der Waals surface area contributed by atoms with Crippen LogP contribution < -0.4 is 9.64 Å². The van der Waals surface area contributed by atoms with Crippen molar-refractivity contribution in [2.45, 2.75) is 19.8 Å². The van der Waals surface area contributed by atoms with Gasteiger partial charge in [0, 0.05) is 38.0 Å². The first-order valence-electron chi connectivity index (χ1n) is 10.3. The standard InChI is InChI=1S/C24H27N3O2/c1-19-7-2-5-10-22(19)29-18-6-11-24(28)27-16-14-26(15-17-27)23-13-12-20-8-3-4-9-21(20)25-23/h2-5,7-10,12-13H,6,11,14-18H2,1H3. The average molecular weight is 389 g/mol. The van der Waals surface area contributed by atoms with Crippen LogP contribution in [0.2, 0.25) is 0 Å². The summed E-state index contributed by atoms with van der Waals surface area (Å²) in [5.41, 5.74) is 2.13. The van der Waals surface area contributed by atoms with E-state index in [1.165, 1.54) is 0 Å². The van der Waals surface area contributed by atoms with Crippen molar-refractivity contribution in [3.8, 4) is 5.75 Å². The monoisotopic (exact) mass is 389 g/mol. The van der Waals surface area contributed by atoms with Crippen LogP contribution in [-0.2, 0) is 4.79 Å². The Morgan fingerprint density at radius 1 is 0.966 bits per heavy atom. The van der Waals surface area contributed by atoms with Gasteiger partial charge in [-0.2, -0.15) is 0 Å². The van der Waals surface area contributed by atoms with Gasteiger partial charge in [0.25, 0.3) is 0 Å². The molecule has 3 aromatic rings. The molecular weight excluding hydrogens is 362 g/mol. The number of hydrogen-bond donors (Lipinski definition) is 0. The second-order valence-corrected chi connectivity index (χ2v) is 7.45. The molecule has 0 unspecified atom stereocenters. The van der Waals surface area contributed by atoms with Gasteiger partial charge in [-0.05, 0) is 43.2 Å². The number of aryl methyl sites for hydroxylation is 1. The van der Waals surface area contributed by atoms with Crippen LogP contribution in [-0.4, -0.2) is 48.6 Å². The van der Waals surface area contributed by atoms with Crippen molar-refractivity contribution in [2.75, 3.05) is 37.7 Å². The number of anilines is 1. The lowest BCUT2D eigenvalue weighted by Crippen LogP contribution is -2.49. The second kappa shape index (κ2) is 8.95. The molecule has 0 N–H and O–H groups in total. The van der Waals surface area contributed by atoms with E-state index in [1.807, 2.05) is 54.3 Å². The van der Waals surface area contributed by atoms with E-state index in [4.69, 9.17) is 9.72 Å². The Kier molecular flexibility index (Phi) is 5.94. The Bertz CT molecular complexity index is 981. The van der Waals surface area contributed by atoms with Crippen LogP contribution in [0.1, 0.15) is 18.4 Å². The van der Waals surface area contributed by atoms with Crippen molar-refractivity contribution in [1.82, 2.24) is 9.88 Å². The molecule has 0 bridgehead atoms. The zero-order chi connectivity index (χ0) is 20.1. The number of piperazine rings is 1. The Balaban J connectivity index is 1.23. The zero-order valence-electron chi connectivity index (χ0n) is 16.9. The Hall–Kier alpha value is -3.08. The van der Waals surface area contributed by atoms with E-state index in [2.05, 4.69) is 23.1 Å². The molecule has 0 atom stereocenters. The number of ether oxygens (including phenoxy) is 1. The zero-order valence-corrected chi connectivity index (χ0v) is 16.9. The van der Waals surface area contributed by atoms with Crippen molar-refractivity contribution >= 4 is 22.6 Å². The maximum atomic E-state index is 12.5. The van der Waals surface area contributed by atoms with E-state index >= 15 is 0 Å². The number of carbonyl (C=O) groups is 1. The van der Waals surface area contributed by atoms with Gasteiger partial charge in [-0.3, -0.25) is 4.79 Å². The van der Waals surface area contributed by atoms with E-state index in [9.17, 15) is 4.79 Å². The van der Waals surface area contributed by atoms with Crippen LogP contribution in [0.3, 0.4) is 0 Å². The van der Waals surface area contributed by atoms with Gasteiger partial charge in [-0.15, -0.1) is 0 Å². The second-order valence-electron chi connectivity index (χ2n) is 7.45. The van der Waals surface area contributed by atoms with Crippen molar-refractivity contribution in [3.05, 3.63) is 66.2 Å². The summed E-state index contributed by atoms with van der Waals surface area (Å²) in [6, 6.07) is 20.3. The minimum Gasteiger partial charge on any atom is -0.493 e. The van der Waals surface area contributed by atoms with Gasteiger partial charge in [-0.1, -0.05) is 36.4 Å². The smallest absolute Gasteiger partial charge is 0.222 e. The number of amides is 1. The van der Waals surface area contributed by atoms with Crippen molar-refractivity contribution < 1.29 is 9.53 Å². The third-order valence-corrected chi connectivity index (χ3v) is 5.43. The van der Waals surface area contributed by atoms with Gasteiger partial charge in [0.1, 0.15) is 11.6 Å². The summed E-state index contributed by atoms with van der Waals surface area (Å²) in [5.74, 6) is 2.10. The van der Waals surface area contributed by atoms with Crippen molar-refractivity contribution in [1.29, 1.82) is 0 Å². The van der Waals surface area contributed by atoms with Gasteiger partial charge < -0.3 is 14.5 Å². The predicted octanol–water partition coefficient (Wildman–Crippen LogP) is 4.05. The summed E-state index contributed by atoms with van der Waals surface area (Å²) in [6.07, 6.45) is 1.26. The summed E-state index contributed by atoms with van der Waals surface area (Å²) in [5, 5.41) is 1.15. The molecule has 0 spiro atoms. The number of pyridine rings is 1. The third-order valence-electron chi connectivity index (χ3n) is 5.43. The summed E-state index contributed by atoms with van der Waals surface area (Å²) in [7, 11) is 0. The van der Waals surface area contributed by atoms with E-state index in [0.717, 1.165) is 60.6 Å². The van der Waals surface area contributed by atoms with Gasteiger partial charge in [0.15, 0.2) is 0 Å². The maximum Gasteiger partial charge on any atom is 0.222 e. The molecule has 1 aliphatic heterocycles. The van der Waals surface area contributed by atoms with Crippen LogP contribution in [0, 0.1) is 6.92 Å². The molecule has 2 heterocycles. The van der Waals surface area contributed by atoms with Crippen LogP contribution in [0.25, 0.3) is 10.9 Å². The van der Waals surface area contributed by atoms with Crippen LogP contribution in [0.4, 0.5) is 5.82 Å². The Morgan fingerprint density at radius 2 is 1.72 bits per heavy atom. The molecule has 150 valence electrons. The first kappa shape index (κ1) is 19.2. The normalized spacial score (nSPS) is 14.2. The number of aromatic nitrogens is 1. The maximum absolute atomic E-state index is 12.5. The van der Waals surface area contributed by atoms with Gasteiger partial charge in [-0.25, -0.2) is 4.98 Å². The van der Waals surface area contributed by atoms with Crippen LogP contribution >= 0.6 is 0 Å². The number of rotatable bonds is 6. The highest BCUT2D eigenvalue weighted by Gasteiger charge is 2.21. The Morgan fingerprint density at radius 3 is 2.55 bits per heavy atom. The minimum absolute atomic E-state index is 0.213. The van der Waals surface area contributed by atoms with Gasteiger partial charge in [0.05, 0.1) is 12.1 Å². The minimum atomic E-state index is 0.213. The summed E-state index contributed by atoms with van der Waals surface area (Å²) >= 11 is 0. The molecule has 1 fully saturated rings. The molecule has 1 amide bonds. The number of carbonyl (C=O) groups excluding carboxylic acids is 1. The third kappa shape index (κ3) is 4.67. The highest BCUT2D eigenvalue weighted by Crippen LogP contribution is 2.20. The fraction of sp³-hybridized carbons (Fsp3) is 0.333. The highest BCUT2D eigenvalue weighted by molar-refractivity contribution is 5.80. The van der Waals surface area contributed by atoms with E-state index < -0.39 is 0 Å². The number of benzene rings is 2. The molecule has 1 aliphatic rings. The highest BCUT2D eigenvalue weighted by atomic mass is 16.5. The lowest BCUT2D eigenvalue weighted by molar-refractivity contribution is -0.131.